The predicted octanol–water partition coefficient (Wildman–Crippen LogP) is 2.44. The number of ketones is 1. The highest BCUT2D eigenvalue weighted by Crippen LogP contribution is 2.30. The van der Waals surface area contributed by atoms with Crippen LogP contribution in [0.15, 0.2) is 12.1 Å². The average Bonchev–Trinajstić information content (AvgIpc) is 2.54. The molecule has 1 amide bonds. The van der Waals surface area contributed by atoms with E-state index in [1.165, 1.54) is 6.92 Å². The maximum atomic E-state index is 12.8. The van der Waals surface area contributed by atoms with Crippen molar-refractivity contribution >= 4 is 23.3 Å². The van der Waals surface area contributed by atoms with E-state index in [2.05, 4.69) is 10.2 Å². The van der Waals surface area contributed by atoms with Crippen LogP contribution >= 0.6 is 11.6 Å². The summed E-state index contributed by atoms with van der Waals surface area (Å²) in [6.07, 6.45) is 2.26. The molecular formula is C18H23ClN2O3. The second-order valence-corrected chi connectivity index (χ2v) is 7.24. The van der Waals surface area contributed by atoms with Crippen molar-refractivity contribution in [1.82, 2.24) is 10.2 Å². The van der Waals surface area contributed by atoms with Gasteiger partial charge in [0, 0.05) is 17.6 Å². The summed E-state index contributed by atoms with van der Waals surface area (Å²) in [6, 6.07) is 3.52. The zero-order valence-electron chi connectivity index (χ0n) is 14.1. The molecule has 1 aromatic rings. The highest BCUT2D eigenvalue weighted by Gasteiger charge is 2.35. The van der Waals surface area contributed by atoms with E-state index in [-0.39, 0.29) is 24.3 Å². The summed E-state index contributed by atoms with van der Waals surface area (Å²) < 4.78 is 5.58. The van der Waals surface area contributed by atoms with Crippen molar-refractivity contribution in [3.8, 4) is 5.75 Å². The van der Waals surface area contributed by atoms with E-state index in [0.29, 0.717) is 22.3 Å². The Morgan fingerprint density at radius 2 is 2.04 bits per heavy atom. The number of benzene rings is 1. The molecule has 130 valence electrons. The van der Waals surface area contributed by atoms with Crippen LogP contribution in [0.3, 0.4) is 0 Å². The molecule has 3 saturated heterocycles. The first-order valence-electron chi connectivity index (χ1n) is 8.39. The number of fused-ring (bicyclic) bond motifs is 3. The quantitative estimate of drug-likeness (QED) is 0.886. The highest BCUT2D eigenvalue weighted by molar-refractivity contribution is 6.31. The van der Waals surface area contributed by atoms with Gasteiger partial charge in [-0.1, -0.05) is 11.6 Å². The number of piperidine rings is 3. The van der Waals surface area contributed by atoms with Crippen LogP contribution in [0.2, 0.25) is 5.02 Å². The van der Waals surface area contributed by atoms with E-state index < -0.39 is 0 Å². The van der Waals surface area contributed by atoms with Crippen molar-refractivity contribution < 1.29 is 14.3 Å². The SMILES string of the molecule is CC(=O)COc1c(C)cc(Cl)cc1C(=O)NC1CN2CCC1CC2. The zero-order chi connectivity index (χ0) is 17.3. The highest BCUT2D eigenvalue weighted by atomic mass is 35.5. The lowest BCUT2D eigenvalue weighted by Crippen LogP contribution is -2.57. The minimum Gasteiger partial charge on any atom is -0.485 e. The number of carbonyl (C=O) groups excluding carboxylic acids is 2. The van der Waals surface area contributed by atoms with E-state index in [1.54, 1.807) is 12.1 Å². The third-order valence-corrected chi connectivity index (χ3v) is 5.09. The van der Waals surface area contributed by atoms with Gasteiger partial charge < -0.3 is 15.0 Å². The normalized spacial score (nSPS) is 25.4. The molecule has 5 nitrogen and oxygen atoms in total. The van der Waals surface area contributed by atoms with Gasteiger partial charge in [0.15, 0.2) is 5.78 Å². The summed E-state index contributed by atoms with van der Waals surface area (Å²) in [5.41, 5.74) is 1.15. The van der Waals surface area contributed by atoms with Gasteiger partial charge in [-0.05, 0) is 63.4 Å². The number of halogens is 1. The number of carbonyl (C=O) groups is 2. The van der Waals surface area contributed by atoms with Gasteiger partial charge in [0.2, 0.25) is 0 Å². The third kappa shape index (κ3) is 3.73. The smallest absolute Gasteiger partial charge is 0.255 e. The molecule has 6 heteroatoms. The number of hydrogen-bond acceptors (Lipinski definition) is 4. The Labute approximate surface area is 147 Å². The Morgan fingerprint density at radius 3 is 2.62 bits per heavy atom. The van der Waals surface area contributed by atoms with Crippen LogP contribution in [-0.2, 0) is 4.79 Å². The molecule has 0 aliphatic carbocycles. The molecule has 3 heterocycles. The van der Waals surface area contributed by atoms with Crippen molar-refractivity contribution in [3.05, 3.63) is 28.3 Å². The van der Waals surface area contributed by atoms with Crippen molar-refractivity contribution in [1.29, 1.82) is 0 Å². The maximum absolute atomic E-state index is 12.8. The first kappa shape index (κ1) is 17.2. The average molecular weight is 351 g/mol. The molecule has 0 radical (unpaired) electrons. The van der Waals surface area contributed by atoms with Crippen LogP contribution in [0.5, 0.6) is 5.75 Å². The molecule has 0 aromatic heterocycles. The van der Waals surface area contributed by atoms with Crippen LogP contribution in [0, 0.1) is 12.8 Å². The third-order valence-electron chi connectivity index (χ3n) is 4.88. The van der Waals surface area contributed by atoms with Crippen LogP contribution in [0.25, 0.3) is 0 Å². The molecule has 1 N–H and O–H groups in total. The summed E-state index contributed by atoms with van der Waals surface area (Å²) in [4.78, 5) is 26.4. The van der Waals surface area contributed by atoms with Gasteiger partial charge in [0.1, 0.15) is 12.4 Å². The van der Waals surface area contributed by atoms with Gasteiger partial charge in [-0.3, -0.25) is 9.59 Å². The summed E-state index contributed by atoms with van der Waals surface area (Å²) in [5.74, 6) is 0.709. The second-order valence-electron chi connectivity index (χ2n) is 6.81. The number of amides is 1. The molecule has 1 unspecified atom stereocenters. The Hall–Kier alpha value is -1.59. The summed E-state index contributed by atoms with van der Waals surface area (Å²) >= 11 is 6.12. The molecule has 0 spiro atoms. The molecule has 2 bridgehead atoms. The maximum Gasteiger partial charge on any atom is 0.255 e. The lowest BCUT2D eigenvalue weighted by atomic mass is 9.84. The molecule has 1 atom stereocenters. The topological polar surface area (TPSA) is 58.6 Å². The number of hydrogen-bond donors (Lipinski definition) is 1. The molecule has 0 saturated carbocycles. The number of Topliss-reactive ketones (excluding diaryl/α,β-unsaturated/α-hetero) is 1. The fourth-order valence-corrected chi connectivity index (χ4v) is 3.91. The van der Waals surface area contributed by atoms with E-state index in [1.807, 2.05) is 6.92 Å². The Kier molecular flexibility index (Phi) is 5.11. The molecule has 4 rings (SSSR count). The minimum absolute atomic E-state index is 0.0530. The van der Waals surface area contributed by atoms with Gasteiger partial charge in [0.05, 0.1) is 5.56 Å². The van der Waals surface area contributed by atoms with Crippen LogP contribution < -0.4 is 10.1 Å². The molecule has 1 aromatic carbocycles. The van der Waals surface area contributed by atoms with E-state index in [9.17, 15) is 9.59 Å². The molecule has 3 aliphatic rings. The molecular weight excluding hydrogens is 328 g/mol. The van der Waals surface area contributed by atoms with E-state index in [0.717, 1.165) is 38.0 Å². The predicted molar refractivity (Wildman–Crippen MR) is 92.8 cm³/mol. The van der Waals surface area contributed by atoms with Crippen molar-refractivity contribution in [2.75, 3.05) is 26.2 Å². The number of nitrogens with one attached hydrogen (secondary N) is 1. The number of aryl methyl sites for hydroxylation is 1. The monoisotopic (exact) mass is 350 g/mol. The summed E-state index contributed by atoms with van der Waals surface area (Å²) in [6.45, 7) is 6.38. The molecule has 3 fully saturated rings. The Morgan fingerprint density at radius 1 is 1.33 bits per heavy atom. The Bertz CT molecular complexity index is 654. The van der Waals surface area contributed by atoms with Crippen LogP contribution in [0.1, 0.15) is 35.7 Å². The first-order chi connectivity index (χ1) is 11.4. The first-order valence-corrected chi connectivity index (χ1v) is 8.77. The van der Waals surface area contributed by atoms with Crippen LogP contribution in [0.4, 0.5) is 0 Å². The van der Waals surface area contributed by atoms with Crippen molar-refractivity contribution in [2.24, 2.45) is 5.92 Å². The van der Waals surface area contributed by atoms with Crippen LogP contribution in [-0.4, -0.2) is 48.9 Å². The molecule has 3 aliphatic heterocycles. The minimum atomic E-state index is -0.182. The van der Waals surface area contributed by atoms with E-state index >= 15 is 0 Å². The fourth-order valence-electron chi connectivity index (χ4n) is 3.64. The fraction of sp³-hybridized carbons (Fsp3) is 0.556. The standard InChI is InChI=1S/C18H23ClN2O3/c1-11-7-14(19)8-15(17(11)24-10-12(2)22)18(23)20-16-9-21-5-3-13(16)4-6-21/h7-8,13,16H,3-6,9-10H2,1-2H3,(H,20,23). The van der Waals surface area contributed by atoms with E-state index in [4.69, 9.17) is 16.3 Å². The zero-order valence-corrected chi connectivity index (χ0v) is 14.9. The van der Waals surface area contributed by atoms with Crippen molar-refractivity contribution in [3.63, 3.8) is 0 Å². The van der Waals surface area contributed by atoms with Gasteiger partial charge in [-0.15, -0.1) is 0 Å². The Balaban J connectivity index is 1.79. The lowest BCUT2D eigenvalue weighted by Gasteiger charge is -2.45. The summed E-state index contributed by atoms with van der Waals surface area (Å²) in [7, 11) is 0. The van der Waals surface area contributed by atoms with Gasteiger partial charge in [-0.2, -0.15) is 0 Å². The van der Waals surface area contributed by atoms with Crippen molar-refractivity contribution in [2.45, 2.75) is 32.7 Å². The van der Waals surface area contributed by atoms with Gasteiger partial charge >= 0.3 is 0 Å². The molecule has 24 heavy (non-hydrogen) atoms. The second kappa shape index (κ2) is 7.11. The number of nitrogens with zero attached hydrogens (tertiary/aromatic N) is 1. The van der Waals surface area contributed by atoms with Gasteiger partial charge in [-0.25, -0.2) is 0 Å². The number of ether oxygens (including phenoxy) is 1. The lowest BCUT2D eigenvalue weighted by molar-refractivity contribution is -0.118. The summed E-state index contributed by atoms with van der Waals surface area (Å²) in [5, 5.41) is 3.63. The largest absolute Gasteiger partial charge is 0.485 e. The number of rotatable bonds is 5. The van der Waals surface area contributed by atoms with Gasteiger partial charge in [0.25, 0.3) is 5.91 Å².